The van der Waals surface area contributed by atoms with Crippen LogP contribution in [-0.4, -0.2) is 15.6 Å². The lowest BCUT2D eigenvalue weighted by Gasteiger charge is -2.20. The number of aliphatic hydroxyl groups is 1. The van der Waals surface area contributed by atoms with Crippen LogP contribution in [-0.2, 0) is 0 Å². The smallest absolute Gasteiger partial charge is 0.0966 e. The summed E-state index contributed by atoms with van der Waals surface area (Å²) in [4.78, 5) is 0. The lowest BCUT2D eigenvalue weighted by atomic mass is 9.94. The van der Waals surface area contributed by atoms with Gasteiger partial charge in [0.2, 0.25) is 0 Å². The summed E-state index contributed by atoms with van der Waals surface area (Å²) < 4.78 is 0.915. The molecule has 0 unspecified atom stereocenters. The number of allylic oxidation sites excluding steroid dienone is 1. The summed E-state index contributed by atoms with van der Waals surface area (Å²) in [7, 11) is 0. The summed E-state index contributed by atoms with van der Waals surface area (Å²) in [5, 5.41) is 9.46. The zero-order valence-corrected chi connectivity index (χ0v) is 7.97. The van der Waals surface area contributed by atoms with E-state index in [-0.39, 0.29) is 6.10 Å². The van der Waals surface area contributed by atoms with Gasteiger partial charge >= 0.3 is 0 Å². The molecule has 0 saturated carbocycles. The number of alkyl halides is 1. The molecule has 0 aromatic rings. The predicted octanol–water partition coefficient (Wildman–Crippen LogP) is 2.06. The van der Waals surface area contributed by atoms with E-state index >= 15 is 0 Å². The second-order valence-electron chi connectivity index (χ2n) is 2.51. The Kier molecular flexibility index (Phi) is 2.92. The fourth-order valence-electron chi connectivity index (χ4n) is 1.08. The molecule has 56 valence electrons. The second kappa shape index (κ2) is 3.53. The Bertz CT molecular complexity index is 172. The van der Waals surface area contributed by atoms with E-state index in [0.29, 0.717) is 0 Å². The Hall–Kier alpha value is 0.170. The molecule has 0 saturated heterocycles. The van der Waals surface area contributed by atoms with Crippen molar-refractivity contribution in [3.05, 3.63) is 23.8 Å². The molecule has 1 atom stereocenters. The summed E-state index contributed by atoms with van der Waals surface area (Å²) in [6.07, 6.45) is 3.76. The highest BCUT2D eigenvalue weighted by atomic mass is 127. The van der Waals surface area contributed by atoms with Crippen LogP contribution < -0.4 is 0 Å². The van der Waals surface area contributed by atoms with Crippen molar-refractivity contribution < 1.29 is 5.11 Å². The van der Waals surface area contributed by atoms with Crippen molar-refractivity contribution in [2.24, 2.45) is 0 Å². The minimum absolute atomic E-state index is 0.356. The fourth-order valence-corrected chi connectivity index (χ4v) is 1.81. The molecule has 0 heterocycles. The maximum Gasteiger partial charge on any atom is 0.0966 e. The lowest BCUT2D eigenvalue weighted by Crippen LogP contribution is -2.17. The van der Waals surface area contributed by atoms with Crippen LogP contribution in [0.25, 0.3) is 0 Å². The first-order chi connectivity index (χ1) is 4.75. The molecule has 1 nitrogen and oxygen atoms in total. The fraction of sp³-hybridized carbons (Fsp3) is 0.500. The van der Waals surface area contributed by atoms with Gasteiger partial charge in [-0.1, -0.05) is 35.2 Å². The van der Waals surface area contributed by atoms with E-state index in [0.717, 1.165) is 28.4 Å². The monoisotopic (exact) mass is 250 g/mol. The third kappa shape index (κ3) is 1.61. The highest BCUT2D eigenvalue weighted by Gasteiger charge is 2.16. The molecule has 0 amide bonds. The Labute approximate surface area is 75.0 Å². The van der Waals surface area contributed by atoms with E-state index < -0.39 is 0 Å². The summed E-state index contributed by atoms with van der Waals surface area (Å²) in [5.41, 5.74) is 2.09. The Morgan fingerprint density at radius 1 is 1.80 bits per heavy atom. The van der Waals surface area contributed by atoms with Crippen molar-refractivity contribution in [2.45, 2.75) is 18.9 Å². The van der Waals surface area contributed by atoms with Crippen LogP contribution in [0.1, 0.15) is 12.8 Å². The Morgan fingerprint density at radius 3 is 3.00 bits per heavy atom. The average molecular weight is 250 g/mol. The third-order valence-electron chi connectivity index (χ3n) is 1.76. The molecular weight excluding hydrogens is 239 g/mol. The van der Waals surface area contributed by atoms with Crippen LogP contribution in [0.15, 0.2) is 23.8 Å². The number of halogens is 1. The molecule has 0 fully saturated rings. The summed E-state index contributed by atoms with van der Waals surface area (Å²) in [6.45, 7) is 3.80. The van der Waals surface area contributed by atoms with Gasteiger partial charge in [-0.15, -0.1) is 0 Å². The molecule has 0 aromatic heterocycles. The third-order valence-corrected chi connectivity index (χ3v) is 2.64. The normalized spacial score (nSPS) is 26.4. The van der Waals surface area contributed by atoms with Crippen molar-refractivity contribution in [1.29, 1.82) is 0 Å². The van der Waals surface area contributed by atoms with E-state index in [1.807, 2.05) is 0 Å². The molecule has 10 heavy (non-hydrogen) atoms. The molecule has 1 aliphatic carbocycles. The topological polar surface area (TPSA) is 20.2 Å². The van der Waals surface area contributed by atoms with Crippen LogP contribution in [0.2, 0.25) is 0 Å². The van der Waals surface area contributed by atoms with Gasteiger partial charge in [-0.05, 0) is 24.0 Å². The van der Waals surface area contributed by atoms with Gasteiger partial charge < -0.3 is 5.11 Å². The molecular formula is C8H11IO. The number of hydrogen-bond donors (Lipinski definition) is 1. The second-order valence-corrected chi connectivity index (χ2v) is 3.27. The van der Waals surface area contributed by atoms with Crippen molar-refractivity contribution in [3.8, 4) is 0 Å². The van der Waals surface area contributed by atoms with E-state index in [9.17, 15) is 5.11 Å². The van der Waals surface area contributed by atoms with Gasteiger partial charge in [0.15, 0.2) is 0 Å². The molecule has 1 N–H and O–H groups in total. The van der Waals surface area contributed by atoms with E-state index in [1.54, 1.807) is 0 Å². The zero-order valence-electron chi connectivity index (χ0n) is 5.81. The van der Waals surface area contributed by atoms with E-state index in [4.69, 9.17) is 0 Å². The Balaban J connectivity index is 2.71. The van der Waals surface area contributed by atoms with Crippen LogP contribution in [0.4, 0.5) is 0 Å². The first kappa shape index (κ1) is 8.27. The average Bonchev–Trinajstić information content (AvgIpc) is 1.95. The minimum atomic E-state index is -0.356. The molecule has 1 aliphatic rings. The van der Waals surface area contributed by atoms with Crippen LogP contribution in [0, 0.1) is 0 Å². The molecule has 0 radical (unpaired) electrons. The van der Waals surface area contributed by atoms with Gasteiger partial charge in [0.1, 0.15) is 0 Å². The summed E-state index contributed by atoms with van der Waals surface area (Å²) >= 11 is 2.26. The van der Waals surface area contributed by atoms with E-state index in [1.165, 1.54) is 0 Å². The molecule has 0 spiro atoms. The van der Waals surface area contributed by atoms with Gasteiger partial charge in [0.25, 0.3) is 0 Å². The van der Waals surface area contributed by atoms with Crippen LogP contribution >= 0.6 is 22.6 Å². The minimum Gasteiger partial charge on any atom is -0.384 e. The standard InChI is InChI=1S/C8H11IO/c1-6-3-2-4-7(5-9)8(6)10/h4,8,10H,1-3,5H2/t8-/m0/s1. The molecule has 0 aromatic carbocycles. The van der Waals surface area contributed by atoms with Crippen LogP contribution in [0.5, 0.6) is 0 Å². The SMILES string of the molecule is C=C1CCC=C(CI)[C@H]1O. The Morgan fingerprint density at radius 2 is 2.50 bits per heavy atom. The maximum absolute atomic E-state index is 9.46. The van der Waals surface area contributed by atoms with Gasteiger partial charge in [-0.25, -0.2) is 0 Å². The first-order valence-corrected chi connectivity index (χ1v) is 4.89. The quantitative estimate of drug-likeness (QED) is 0.429. The lowest BCUT2D eigenvalue weighted by molar-refractivity contribution is 0.239. The van der Waals surface area contributed by atoms with E-state index in [2.05, 4.69) is 35.2 Å². The first-order valence-electron chi connectivity index (χ1n) is 3.36. The summed E-state index contributed by atoms with van der Waals surface area (Å²) in [5.74, 6) is 0. The molecule has 1 rings (SSSR count). The van der Waals surface area contributed by atoms with Crippen molar-refractivity contribution in [3.63, 3.8) is 0 Å². The van der Waals surface area contributed by atoms with Gasteiger partial charge in [-0.2, -0.15) is 0 Å². The molecule has 0 aliphatic heterocycles. The number of rotatable bonds is 1. The zero-order chi connectivity index (χ0) is 7.56. The predicted molar refractivity (Wildman–Crippen MR) is 51.4 cm³/mol. The van der Waals surface area contributed by atoms with Gasteiger partial charge in [0, 0.05) is 4.43 Å². The van der Waals surface area contributed by atoms with Crippen molar-refractivity contribution >= 4 is 22.6 Å². The largest absolute Gasteiger partial charge is 0.384 e. The summed E-state index contributed by atoms with van der Waals surface area (Å²) in [6, 6.07) is 0. The molecule has 0 bridgehead atoms. The van der Waals surface area contributed by atoms with Crippen LogP contribution in [0.3, 0.4) is 0 Å². The number of aliphatic hydroxyl groups excluding tert-OH is 1. The number of hydrogen-bond acceptors (Lipinski definition) is 1. The highest BCUT2D eigenvalue weighted by Crippen LogP contribution is 2.23. The maximum atomic E-state index is 9.46. The van der Waals surface area contributed by atoms with Gasteiger partial charge in [0.05, 0.1) is 6.10 Å². The van der Waals surface area contributed by atoms with Crippen molar-refractivity contribution in [1.82, 2.24) is 0 Å². The molecule has 2 heteroatoms. The van der Waals surface area contributed by atoms with Crippen molar-refractivity contribution in [2.75, 3.05) is 4.43 Å². The highest BCUT2D eigenvalue weighted by molar-refractivity contribution is 14.1. The van der Waals surface area contributed by atoms with Gasteiger partial charge in [-0.3, -0.25) is 0 Å².